The molecule has 9 heteroatoms. The average Bonchev–Trinajstić information content (AvgIpc) is 3.02. The quantitative estimate of drug-likeness (QED) is 0.383. The Morgan fingerprint density at radius 1 is 1.17 bits per heavy atom. The molecule has 2 aromatic carbocycles. The molecule has 0 radical (unpaired) electrons. The zero-order valence-electron chi connectivity index (χ0n) is 12.1. The van der Waals surface area contributed by atoms with Gasteiger partial charge in [-0.3, -0.25) is 15.2 Å². The summed E-state index contributed by atoms with van der Waals surface area (Å²) in [6.07, 6.45) is 0. The first-order chi connectivity index (χ1) is 11.5. The van der Waals surface area contributed by atoms with Gasteiger partial charge >= 0.3 is 0 Å². The lowest BCUT2D eigenvalue weighted by Crippen LogP contribution is -1.88. The Kier molecular flexibility index (Phi) is 5.03. The highest BCUT2D eigenvalue weighted by Gasteiger charge is 2.11. The minimum atomic E-state index is -0.422. The maximum atomic E-state index is 10.6. The van der Waals surface area contributed by atoms with Gasteiger partial charge in [0.1, 0.15) is 0 Å². The van der Waals surface area contributed by atoms with Crippen LogP contribution in [0.15, 0.2) is 47.6 Å². The fourth-order valence-electron chi connectivity index (χ4n) is 1.97. The summed E-state index contributed by atoms with van der Waals surface area (Å²) in [5.41, 5.74) is 1.73. The Morgan fingerprint density at radius 3 is 2.58 bits per heavy atom. The van der Waals surface area contributed by atoms with Gasteiger partial charge in [-0.2, -0.15) is 0 Å². The smallest absolute Gasteiger partial charge is 0.258 e. The number of nitro benzene ring substituents is 1. The molecule has 0 saturated carbocycles. The van der Waals surface area contributed by atoms with E-state index in [0.717, 1.165) is 11.1 Å². The molecule has 3 rings (SSSR count). The van der Waals surface area contributed by atoms with Crippen LogP contribution < -0.4 is 0 Å². The van der Waals surface area contributed by atoms with E-state index in [0.29, 0.717) is 26.8 Å². The number of nitro groups is 1. The number of benzene rings is 2. The van der Waals surface area contributed by atoms with Crippen molar-refractivity contribution in [3.8, 4) is 11.4 Å². The highest BCUT2D eigenvalue weighted by molar-refractivity contribution is 7.98. The Labute approximate surface area is 151 Å². The fraction of sp³-hybridized carbons (Fsp3) is 0.0667. The highest BCUT2D eigenvalue weighted by Crippen LogP contribution is 2.29. The Morgan fingerprint density at radius 2 is 1.92 bits per heavy atom. The normalized spacial score (nSPS) is 10.8. The summed E-state index contributed by atoms with van der Waals surface area (Å²) in [6.45, 7) is 0. The van der Waals surface area contributed by atoms with Crippen LogP contribution in [0.25, 0.3) is 11.4 Å². The number of hydrogen-bond donors (Lipinski definition) is 1. The van der Waals surface area contributed by atoms with Crippen LogP contribution in [-0.2, 0) is 5.75 Å². The molecule has 0 aliphatic carbocycles. The molecule has 0 bridgehead atoms. The maximum Gasteiger partial charge on any atom is 0.269 e. The molecule has 3 aromatic rings. The lowest BCUT2D eigenvalue weighted by Gasteiger charge is -2.00. The van der Waals surface area contributed by atoms with Gasteiger partial charge < -0.3 is 0 Å². The average molecular weight is 381 g/mol. The zero-order chi connectivity index (χ0) is 17.1. The van der Waals surface area contributed by atoms with Crippen molar-refractivity contribution in [2.45, 2.75) is 10.9 Å². The molecule has 0 amide bonds. The molecule has 0 fully saturated rings. The van der Waals surface area contributed by atoms with E-state index in [1.807, 2.05) is 0 Å². The van der Waals surface area contributed by atoms with E-state index in [1.165, 1.54) is 23.9 Å². The lowest BCUT2D eigenvalue weighted by molar-refractivity contribution is -0.384. The van der Waals surface area contributed by atoms with Crippen LogP contribution >= 0.6 is 35.0 Å². The summed E-state index contributed by atoms with van der Waals surface area (Å²) in [5, 5.41) is 19.2. The van der Waals surface area contributed by atoms with Crippen molar-refractivity contribution in [1.29, 1.82) is 0 Å². The molecule has 0 spiro atoms. The standard InChI is InChI=1S/C15H10Cl2N4O2S/c16-10-3-6-12(13(17)7-10)14-18-15(20-19-14)24-8-9-1-4-11(5-2-9)21(22)23/h1-7H,8H2,(H,18,19,20). The van der Waals surface area contributed by atoms with E-state index in [2.05, 4.69) is 15.2 Å². The Hall–Kier alpha value is -2.09. The summed E-state index contributed by atoms with van der Waals surface area (Å²) in [7, 11) is 0. The molecule has 24 heavy (non-hydrogen) atoms. The van der Waals surface area contributed by atoms with Gasteiger partial charge in [0.2, 0.25) is 5.16 Å². The molecule has 6 nitrogen and oxygen atoms in total. The van der Waals surface area contributed by atoms with Crippen LogP contribution in [0.2, 0.25) is 10.0 Å². The second kappa shape index (κ2) is 7.21. The Bertz CT molecular complexity index is 883. The van der Waals surface area contributed by atoms with Crippen LogP contribution in [0.3, 0.4) is 0 Å². The minimum absolute atomic E-state index is 0.0707. The molecule has 122 valence electrons. The predicted molar refractivity (Wildman–Crippen MR) is 94.5 cm³/mol. The highest BCUT2D eigenvalue weighted by atomic mass is 35.5. The number of halogens is 2. The molecule has 0 aliphatic heterocycles. The first-order valence-corrected chi connectivity index (χ1v) is 8.51. The van der Waals surface area contributed by atoms with Gasteiger partial charge in [-0.1, -0.05) is 47.1 Å². The van der Waals surface area contributed by atoms with Crippen LogP contribution in [0.4, 0.5) is 5.69 Å². The van der Waals surface area contributed by atoms with E-state index in [4.69, 9.17) is 23.2 Å². The van der Waals surface area contributed by atoms with E-state index in [1.54, 1.807) is 30.3 Å². The largest absolute Gasteiger partial charge is 0.269 e. The number of hydrogen-bond acceptors (Lipinski definition) is 5. The zero-order valence-corrected chi connectivity index (χ0v) is 14.4. The third kappa shape index (κ3) is 3.87. The van der Waals surface area contributed by atoms with Crippen LogP contribution in [0.5, 0.6) is 0 Å². The van der Waals surface area contributed by atoms with E-state index in [-0.39, 0.29) is 5.69 Å². The molecule has 0 saturated heterocycles. The van der Waals surface area contributed by atoms with Crippen molar-refractivity contribution in [2.24, 2.45) is 0 Å². The van der Waals surface area contributed by atoms with Crippen LogP contribution in [0, 0.1) is 10.1 Å². The van der Waals surface area contributed by atoms with E-state index in [9.17, 15) is 10.1 Å². The van der Waals surface area contributed by atoms with Crippen molar-refractivity contribution in [1.82, 2.24) is 15.2 Å². The van der Waals surface area contributed by atoms with Gasteiger partial charge in [-0.25, -0.2) is 4.98 Å². The summed E-state index contributed by atoms with van der Waals surface area (Å²) < 4.78 is 0. The minimum Gasteiger partial charge on any atom is -0.258 e. The van der Waals surface area contributed by atoms with Crippen LogP contribution in [0.1, 0.15) is 5.56 Å². The number of rotatable bonds is 5. The third-order valence-electron chi connectivity index (χ3n) is 3.17. The molecule has 1 aromatic heterocycles. The van der Waals surface area contributed by atoms with Gasteiger partial charge in [-0.05, 0) is 23.8 Å². The summed E-state index contributed by atoms with van der Waals surface area (Å²) in [4.78, 5) is 14.6. The number of aromatic amines is 1. The number of aromatic nitrogens is 3. The lowest BCUT2D eigenvalue weighted by atomic mass is 10.2. The number of non-ortho nitro benzene ring substituents is 1. The molecule has 0 unspecified atom stereocenters. The van der Waals surface area contributed by atoms with E-state index < -0.39 is 4.92 Å². The van der Waals surface area contributed by atoms with Gasteiger partial charge in [0.25, 0.3) is 5.69 Å². The van der Waals surface area contributed by atoms with E-state index >= 15 is 0 Å². The van der Waals surface area contributed by atoms with Crippen molar-refractivity contribution in [3.05, 3.63) is 68.2 Å². The van der Waals surface area contributed by atoms with Crippen molar-refractivity contribution in [2.75, 3.05) is 0 Å². The maximum absolute atomic E-state index is 10.6. The predicted octanol–water partition coefficient (Wildman–Crippen LogP) is 4.98. The number of nitrogens with zero attached hydrogens (tertiary/aromatic N) is 3. The molecular weight excluding hydrogens is 371 g/mol. The van der Waals surface area contributed by atoms with Gasteiger partial charge in [0, 0.05) is 28.5 Å². The number of nitrogens with one attached hydrogen (secondary N) is 1. The summed E-state index contributed by atoms with van der Waals surface area (Å²) in [5.74, 6) is 1.16. The SMILES string of the molecule is O=[N+]([O-])c1ccc(CSc2n[nH]c(-c3ccc(Cl)cc3Cl)n2)cc1. The third-order valence-corrected chi connectivity index (χ3v) is 4.63. The van der Waals surface area contributed by atoms with Crippen molar-refractivity contribution in [3.63, 3.8) is 0 Å². The van der Waals surface area contributed by atoms with Crippen molar-refractivity contribution < 1.29 is 4.92 Å². The summed E-state index contributed by atoms with van der Waals surface area (Å²) in [6, 6.07) is 11.5. The fourth-order valence-corrected chi connectivity index (χ4v) is 3.23. The molecule has 0 aliphatic rings. The van der Waals surface area contributed by atoms with Crippen LogP contribution in [-0.4, -0.2) is 20.1 Å². The second-order valence-corrected chi connectivity index (χ2v) is 6.59. The number of H-pyrrole nitrogens is 1. The van der Waals surface area contributed by atoms with Gasteiger partial charge in [0.15, 0.2) is 5.82 Å². The Balaban J connectivity index is 1.69. The second-order valence-electron chi connectivity index (χ2n) is 4.80. The number of thioether (sulfide) groups is 1. The monoisotopic (exact) mass is 380 g/mol. The molecule has 1 heterocycles. The van der Waals surface area contributed by atoms with Crippen molar-refractivity contribution >= 4 is 40.7 Å². The first-order valence-electron chi connectivity index (χ1n) is 6.77. The molecule has 1 N–H and O–H groups in total. The summed E-state index contributed by atoms with van der Waals surface area (Å²) >= 11 is 13.5. The molecule has 0 atom stereocenters. The van der Waals surface area contributed by atoms with Gasteiger partial charge in [-0.15, -0.1) is 5.10 Å². The first kappa shape index (κ1) is 16.8. The van der Waals surface area contributed by atoms with Gasteiger partial charge in [0.05, 0.1) is 9.95 Å². The topological polar surface area (TPSA) is 84.7 Å². The molecular formula is C15H10Cl2N4O2S.